The van der Waals surface area contributed by atoms with Crippen LogP contribution in [0.5, 0.6) is 0 Å². The smallest absolute Gasteiger partial charge is 0.338 e. The summed E-state index contributed by atoms with van der Waals surface area (Å²) in [7, 11) is 0. The third-order valence-corrected chi connectivity index (χ3v) is 5.14. The molecule has 120 valence electrons. The molecule has 0 aliphatic heterocycles. The number of carboxylic acid groups (broad SMARTS) is 1. The molecule has 1 aliphatic carbocycles. The first kappa shape index (κ1) is 15.7. The van der Waals surface area contributed by atoms with Gasteiger partial charge in [0.15, 0.2) is 5.76 Å². The van der Waals surface area contributed by atoms with Crippen molar-refractivity contribution in [3.63, 3.8) is 0 Å². The molecule has 1 saturated carbocycles. The van der Waals surface area contributed by atoms with Crippen molar-refractivity contribution in [2.45, 2.75) is 35.8 Å². The molecule has 3 rings (SSSR count). The lowest BCUT2D eigenvalue weighted by atomic mass is 10.3. The standard InChI is InChI=1S/C17H17NO4S/c19-16(15-9-11(10-22-15)17(20)21)18-12-5-7-14(8-6-12)23-13-3-1-2-4-13/h5-10,13H,1-4H2,(H,18,19)(H,20,21). The van der Waals surface area contributed by atoms with Gasteiger partial charge in [0, 0.05) is 21.9 Å². The molecular weight excluding hydrogens is 314 g/mol. The lowest BCUT2D eigenvalue weighted by molar-refractivity contribution is 0.0696. The van der Waals surface area contributed by atoms with Crippen molar-refractivity contribution in [1.29, 1.82) is 0 Å². The lowest BCUT2D eigenvalue weighted by Crippen LogP contribution is -2.10. The number of nitrogens with one attached hydrogen (secondary N) is 1. The van der Waals surface area contributed by atoms with Crippen molar-refractivity contribution in [3.05, 3.63) is 47.9 Å². The number of furan rings is 1. The quantitative estimate of drug-likeness (QED) is 0.855. The molecule has 1 aromatic carbocycles. The van der Waals surface area contributed by atoms with Crippen molar-refractivity contribution in [2.75, 3.05) is 5.32 Å². The molecule has 1 aromatic heterocycles. The number of carbonyl (C=O) groups excluding carboxylic acids is 1. The van der Waals surface area contributed by atoms with Crippen molar-refractivity contribution in [2.24, 2.45) is 0 Å². The number of aromatic carboxylic acids is 1. The molecule has 2 aromatic rings. The normalized spacial score (nSPS) is 14.8. The molecule has 1 heterocycles. The van der Waals surface area contributed by atoms with Crippen molar-refractivity contribution >= 4 is 29.3 Å². The number of hydrogen-bond acceptors (Lipinski definition) is 4. The summed E-state index contributed by atoms with van der Waals surface area (Å²) in [6.07, 6.45) is 6.22. The minimum Gasteiger partial charge on any atom is -0.478 e. The van der Waals surface area contributed by atoms with E-state index in [2.05, 4.69) is 5.32 Å². The second-order valence-corrected chi connectivity index (χ2v) is 6.88. The molecule has 23 heavy (non-hydrogen) atoms. The molecular formula is C17H17NO4S. The van der Waals surface area contributed by atoms with Crippen LogP contribution in [0.2, 0.25) is 0 Å². The largest absolute Gasteiger partial charge is 0.478 e. The van der Waals surface area contributed by atoms with Gasteiger partial charge in [-0.05, 0) is 37.1 Å². The molecule has 0 spiro atoms. The zero-order chi connectivity index (χ0) is 16.2. The number of hydrogen-bond donors (Lipinski definition) is 2. The van der Waals surface area contributed by atoms with Crippen LogP contribution in [-0.4, -0.2) is 22.2 Å². The first-order chi connectivity index (χ1) is 11.1. The predicted molar refractivity (Wildman–Crippen MR) is 88.2 cm³/mol. The number of carboxylic acids is 1. The highest BCUT2D eigenvalue weighted by atomic mass is 32.2. The summed E-state index contributed by atoms with van der Waals surface area (Å²) in [5.41, 5.74) is 0.609. The van der Waals surface area contributed by atoms with Crippen LogP contribution in [0.4, 0.5) is 5.69 Å². The highest BCUT2D eigenvalue weighted by Gasteiger charge is 2.17. The zero-order valence-corrected chi connectivity index (χ0v) is 13.3. The Balaban J connectivity index is 1.60. The fourth-order valence-corrected chi connectivity index (χ4v) is 3.82. The zero-order valence-electron chi connectivity index (χ0n) is 12.5. The molecule has 1 amide bonds. The SMILES string of the molecule is O=C(O)c1coc(C(=O)Nc2ccc(SC3CCCC3)cc2)c1. The molecule has 1 fully saturated rings. The Hall–Kier alpha value is -2.21. The van der Waals surface area contributed by atoms with Gasteiger partial charge in [-0.2, -0.15) is 0 Å². The van der Waals surface area contributed by atoms with E-state index >= 15 is 0 Å². The Morgan fingerprint density at radius 1 is 1.17 bits per heavy atom. The van der Waals surface area contributed by atoms with Gasteiger partial charge in [-0.3, -0.25) is 4.79 Å². The van der Waals surface area contributed by atoms with E-state index in [9.17, 15) is 9.59 Å². The Kier molecular flexibility index (Phi) is 4.71. The summed E-state index contributed by atoms with van der Waals surface area (Å²) in [5.74, 6) is -1.61. The van der Waals surface area contributed by atoms with Crippen LogP contribution in [0.3, 0.4) is 0 Å². The minimum absolute atomic E-state index is 0.0215. The van der Waals surface area contributed by atoms with Crippen LogP contribution < -0.4 is 5.32 Å². The maximum absolute atomic E-state index is 12.0. The van der Waals surface area contributed by atoms with E-state index < -0.39 is 11.9 Å². The summed E-state index contributed by atoms with van der Waals surface area (Å²) >= 11 is 1.89. The third-order valence-electron chi connectivity index (χ3n) is 3.79. The summed E-state index contributed by atoms with van der Waals surface area (Å²) < 4.78 is 4.98. The van der Waals surface area contributed by atoms with Crippen LogP contribution in [-0.2, 0) is 0 Å². The average molecular weight is 331 g/mol. The van der Waals surface area contributed by atoms with E-state index in [-0.39, 0.29) is 11.3 Å². The summed E-state index contributed by atoms with van der Waals surface area (Å²) in [4.78, 5) is 24.0. The maximum Gasteiger partial charge on any atom is 0.338 e. The lowest BCUT2D eigenvalue weighted by Gasteiger charge is -2.09. The average Bonchev–Trinajstić information content (AvgIpc) is 3.20. The second-order valence-electron chi connectivity index (χ2n) is 5.51. The van der Waals surface area contributed by atoms with Gasteiger partial charge in [0.25, 0.3) is 5.91 Å². The number of anilines is 1. The van der Waals surface area contributed by atoms with E-state index in [4.69, 9.17) is 9.52 Å². The highest BCUT2D eigenvalue weighted by molar-refractivity contribution is 8.00. The molecule has 2 N–H and O–H groups in total. The Labute approximate surface area is 138 Å². The highest BCUT2D eigenvalue weighted by Crippen LogP contribution is 2.34. The molecule has 0 saturated heterocycles. The van der Waals surface area contributed by atoms with Gasteiger partial charge in [0.1, 0.15) is 6.26 Å². The third kappa shape index (κ3) is 3.96. The molecule has 0 bridgehead atoms. The maximum atomic E-state index is 12.0. The molecule has 6 heteroatoms. The summed E-state index contributed by atoms with van der Waals surface area (Å²) in [6.45, 7) is 0. The van der Waals surface area contributed by atoms with Crippen LogP contribution in [0.1, 0.15) is 46.6 Å². The van der Waals surface area contributed by atoms with Crippen molar-refractivity contribution < 1.29 is 19.1 Å². The molecule has 1 aliphatic rings. The second kappa shape index (κ2) is 6.91. The fraction of sp³-hybridized carbons (Fsp3) is 0.294. The molecule has 0 unspecified atom stereocenters. The van der Waals surface area contributed by atoms with Gasteiger partial charge in [0.05, 0.1) is 5.56 Å². The van der Waals surface area contributed by atoms with Crippen LogP contribution in [0.25, 0.3) is 0 Å². The Morgan fingerprint density at radius 2 is 1.87 bits per heavy atom. The molecule has 0 atom stereocenters. The van der Waals surface area contributed by atoms with E-state index in [1.807, 2.05) is 36.0 Å². The van der Waals surface area contributed by atoms with Crippen LogP contribution in [0.15, 0.2) is 45.9 Å². The summed E-state index contributed by atoms with van der Waals surface area (Å²) in [6, 6.07) is 8.88. The first-order valence-electron chi connectivity index (χ1n) is 7.52. The Morgan fingerprint density at radius 3 is 2.48 bits per heavy atom. The van der Waals surface area contributed by atoms with E-state index in [1.54, 1.807) is 0 Å². The van der Waals surface area contributed by atoms with Crippen molar-refractivity contribution in [3.8, 4) is 0 Å². The number of thioether (sulfide) groups is 1. The van der Waals surface area contributed by atoms with Crippen LogP contribution in [0, 0.1) is 0 Å². The van der Waals surface area contributed by atoms with Gasteiger partial charge in [-0.15, -0.1) is 11.8 Å². The topological polar surface area (TPSA) is 79.5 Å². The van der Waals surface area contributed by atoms with Gasteiger partial charge in [-0.1, -0.05) is 12.8 Å². The predicted octanol–water partition coefficient (Wildman–Crippen LogP) is 4.26. The number of amides is 1. The van der Waals surface area contributed by atoms with Gasteiger partial charge in [-0.25, -0.2) is 4.79 Å². The van der Waals surface area contributed by atoms with Gasteiger partial charge < -0.3 is 14.8 Å². The van der Waals surface area contributed by atoms with Gasteiger partial charge in [0.2, 0.25) is 0 Å². The van der Waals surface area contributed by atoms with E-state index in [0.29, 0.717) is 10.9 Å². The number of rotatable bonds is 5. The van der Waals surface area contributed by atoms with Crippen LogP contribution >= 0.6 is 11.8 Å². The summed E-state index contributed by atoms with van der Waals surface area (Å²) in [5, 5.41) is 12.2. The number of carbonyl (C=O) groups is 2. The van der Waals surface area contributed by atoms with Gasteiger partial charge >= 0.3 is 5.97 Å². The molecule has 5 nitrogen and oxygen atoms in total. The monoisotopic (exact) mass is 331 g/mol. The molecule has 0 radical (unpaired) electrons. The Bertz CT molecular complexity index is 702. The van der Waals surface area contributed by atoms with Crippen molar-refractivity contribution in [1.82, 2.24) is 0 Å². The van der Waals surface area contributed by atoms with E-state index in [0.717, 1.165) is 6.26 Å². The fourth-order valence-electron chi connectivity index (χ4n) is 2.58. The first-order valence-corrected chi connectivity index (χ1v) is 8.40. The minimum atomic E-state index is -1.12. The van der Waals surface area contributed by atoms with E-state index in [1.165, 1.54) is 36.6 Å². The number of benzene rings is 1.